The standard InChI is InChI=1S/C12H11N3O/c16-12-11(13-5-6-14-12)9-7-15-10-4-2-1-3-8(9)10/h1-4,7,15H,5-6H2,(H,14,16). The van der Waals surface area contributed by atoms with E-state index in [4.69, 9.17) is 0 Å². The fraction of sp³-hybridized carbons (Fsp3) is 0.167. The molecule has 0 atom stereocenters. The molecule has 2 N–H and O–H groups in total. The Labute approximate surface area is 92.4 Å². The van der Waals surface area contributed by atoms with Gasteiger partial charge in [0, 0.05) is 29.2 Å². The molecule has 1 aromatic heterocycles. The Morgan fingerprint density at radius 3 is 3.00 bits per heavy atom. The number of rotatable bonds is 1. The number of benzene rings is 1. The Balaban J connectivity index is 2.19. The summed E-state index contributed by atoms with van der Waals surface area (Å²) >= 11 is 0. The minimum atomic E-state index is -0.0870. The van der Waals surface area contributed by atoms with E-state index in [0.717, 1.165) is 16.5 Å². The van der Waals surface area contributed by atoms with Crippen LogP contribution in [0.25, 0.3) is 10.9 Å². The summed E-state index contributed by atoms with van der Waals surface area (Å²) < 4.78 is 0. The highest BCUT2D eigenvalue weighted by Gasteiger charge is 2.19. The van der Waals surface area contributed by atoms with Crippen molar-refractivity contribution >= 4 is 22.5 Å². The lowest BCUT2D eigenvalue weighted by Crippen LogP contribution is -2.37. The number of para-hydroxylation sites is 1. The zero-order valence-electron chi connectivity index (χ0n) is 8.66. The van der Waals surface area contributed by atoms with Crippen molar-refractivity contribution in [2.24, 2.45) is 4.99 Å². The summed E-state index contributed by atoms with van der Waals surface area (Å²) in [6.07, 6.45) is 1.84. The molecule has 0 fully saturated rings. The summed E-state index contributed by atoms with van der Waals surface area (Å²) in [5, 5.41) is 3.84. The Morgan fingerprint density at radius 2 is 2.12 bits per heavy atom. The van der Waals surface area contributed by atoms with Crippen molar-refractivity contribution < 1.29 is 4.79 Å². The highest BCUT2D eigenvalue weighted by molar-refractivity contribution is 6.47. The third kappa shape index (κ3) is 1.31. The quantitative estimate of drug-likeness (QED) is 0.732. The van der Waals surface area contributed by atoms with E-state index in [1.807, 2.05) is 30.5 Å². The predicted molar refractivity (Wildman–Crippen MR) is 62.7 cm³/mol. The van der Waals surface area contributed by atoms with Crippen LogP contribution in [0.5, 0.6) is 0 Å². The Kier molecular flexibility index (Phi) is 1.99. The number of H-pyrrole nitrogens is 1. The molecule has 2 heterocycles. The van der Waals surface area contributed by atoms with Crippen LogP contribution in [0.4, 0.5) is 0 Å². The van der Waals surface area contributed by atoms with Gasteiger partial charge < -0.3 is 10.3 Å². The van der Waals surface area contributed by atoms with E-state index in [-0.39, 0.29) is 5.91 Å². The van der Waals surface area contributed by atoms with Gasteiger partial charge in [-0.1, -0.05) is 18.2 Å². The topological polar surface area (TPSA) is 57.2 Å². The zero-order chi connectivity index (χ0) is 11.0. The molecular formula is C12H11N3O. The van der Waals surface area contributed by atoms with Gasteiger partial charge >= 0.3 is 0 Å². The Bertz CT molecular complexity index is 583. The van der Waals surface area contributed by atoms with E-state index in [2.05, 4.69) is 15.3 Å². The second kappa shape index (κ2) is 3.48. The number of aromatic nitrogens is 1. The van der Waals surface area contributed by atoms with Crippen LogP contribution in [0.15, 0.2) is 35.5 Å². The molecule has 4 nitrogen and oxygen atoms in total. The van der Waals surface area contributed by atoms with E-state index in [1.54, 1.807) is 0 Å². The molecule has 0 spiro atoms. The van der Waals surface area contributed by atoms with Crippen molar-refractivity contribution in [2.45, 2.75) is 0 Å². The first kappa shape index (κ1) is 9.15. The van der Waals surface area contributed by atoms with Crippen molar-refractivity contribution in [1.82, 2.24) is 10.3 Å². The lowest BCUT2D eigenvalue weighted by atomic mass is 10.1. The average Bonchev–Trinajstić information content (AvgIpc) is 2.74. The summed E-state index contributed by atoms with van der Waals surface area (Å²) in [6.45, 7) is 1.28. The molecule has 0 saturated heterocycles. The molecule has 0 bridgehead atoms. The number of hydrogen-bond donors (Lipinski definition) is 2. The molecule has 0 unspecified atom stereocenters. The van der Waals surface area contributed by atoms with E-state index >= 15 is 0 Å². The summed E-state index contributed by atoms with van der Waals surface area (Å²) in [7, 11) is 0. The summed E-state index contributed by atoms with van der Waals surface area (Å²) in [5.41, 5.74) is 2.44. The molecule has 0 aliphatic carbocycles. The van der Waals surface area contributed by atoms with E-state index < -0.39 is 0 Å². The van der Waals surface area contributed by atoms with E-state index in [1.165, 1.54) is 0 Å². The first-order valence-electron chi connectivity index (χ1n) is 5.25. The predicted octanol–water partition coefficient (Wildman–Crippen LogP) is 1.09. The molecule has 0 saturated carbocycles. The van der Waals surface area contributed by atoms with Gasteiger partial charge in [-0.25, -0.2) is 0 Å². The lowest BCUT2D eigenvalue weighted by Gasteiger charge is -2.11. The van der Waals surface area contributed by atoms with Crippen LogP contribution in [0.3, 0.4) is 0 Å². The van der Waals surface area contributed by atoms with Gasteiger partial charge in [0.2, 0.25) is 0 Å². The van der Waals surface area contributed by atoms with Crippen molar-refractivity contribution in [1.29, 1.82) is 0 Å². The number of aromatic amines is 1. The lowest BCUT2D eigenvalue weighted by molar-refractivity contribution is -0.114. The maximum atomic E-state index is 11.7. The van der Waals surface area contributed by atoms with Crippen LogP contribution in [0.2, 0.25) is 0 Å². The molecule has 80 valence electrons. The van der Waals surface area contributed by atoms with E-state index in [0.29, 0.717) is 18.8 Å². The number of nitrogens with zero attached hydrogens (tertiary/aromatic N) is 1. The summed E-state index contributed by atoms with van der Waals surface area (Å²) in [5.74, 6) is -0.0870. The second-order valence-corrected chi connectivity index (χ2v) is 3.73. The highest BCUT2D eigenvalue weighted by atomic mass is 16.2. The molecule has 4 heteroatoms. The Hall–Kier alpha value is -2.10. The number of aliphatic imine (C=N–C) groups is 1. The van der Waals surface area contributed by atoms with Gasteiger partial charge in [0.15, 0.2) is 0 Å². The molecule has 1 aliphatic rings. The summed E-state index contributed by atoms with van der Waals surface area (Å²) in [4.78, 5) is 19.1. The van der Waals surface area contributed by atoms with Gasteiger partial charge in [0.25, 0.3) is 5.91 Å². The van der Waals surface area contributed by atoms with Crippen molar-refractivity contribution in [3.63, 3.8) is 0 Å². The number of carbonyl (C=O) groups is 1. The monoisotopic (exact) mass is 213 g/mol. The normalized spacial score (nSPS) is 16.0. The first-order valence-corrected chi connectivity index (χ1v) is 5.25. The van der Waals surface area contributed by atoms with Crippen LogP contribution in [0.1, 0.15) is 5.56 Å². The fourth-order valence-electron chi connectivity index (χ4n) is 1.97. The van der Waals surface area contributed by atoms with Crippen LogP contribution in [-0.4, -0.2) is 29.7 Å². The maximum absolute atomic E-state index is 11.7. The molecule has 2 aromatic rings. The van der Waals surface area contributed by atoms with Crippen LogP contribution >= 0.6 is 0 Å². The number of amides is 1. The SMILES string of the molecule is O=C1NCCN=C1c1c[nH]c2ccccc12. The minimum absolute atomic E-state index is 0.0870. The third-order valence-electron chi connectivity index (χ3n) is 2.73. The molecule has 1 aromatic carbocycles. The van der Waals surface area contributed by atoms with Crippen molar-refractivity contribution in [3.05, 3.63) is 36.0 Å². The van der Waals surface area contributed by atoms with Gasteiger partial charge in [-0.2, -0.15) is 0 Å². The molecule has 1 aliphatic heterocycles. The van der Waals surface area contributed by atoms with Gasteiger partial charge in [-0.15, -0.1) is 0 Å². The van der Waals surface area contributed by atoms with Crippen LogP contribution in [0, 0.1) is 0 Å². The molecule has 1 amide bonds. The molecule has 3 rings (SSSR count). The number of carbonyl (C=O) groups excluding carboxylic acids is 1. The van der Waals surface area contributed by atoms with Gasteiger partial charge in [0.05, 0.1) is 6.54 Å². The average molecular weight is 213 g/mol. The van der Waals surface area contributed by atoms with Gasteiger partial charge in [-0.3, -0.25) is 9.79 Å². The molecule has 0 radical (unpaired) electrons. The van der Waals surface area contributed by atoms with Gasteiger partial charge in [-0.05, 0) is 6.07 Å². The molecule has 16 heavy (non-hydrogen) atoms. The maximum Gasteiger partial charge on any atom is 0.270 e. The van der Waals surface area contributed by atoms with E-state index in [9.17, 15) is 4.79 Å². The zero-order valence-corrected chi connectivity index (χ0v) is 8.66. The fourth-order valence-corrected chi connectivity index (χ4v) is 1.97. The largest absolute Gasteiger partial charge is 0.360 e. The first-order chi connectivity index (χ1) is 7.86. The smallest absolute Gasteiger partial charge is 0.270 e. The Morgan fingerprint density at radius 1 is 1.25 bits per heavy atom. The van der Waals surface area contributed by atoms with Crippen LogP contribution in [-0.2, 0) is 4.79 Å². The van der Waals surface area contributed by atoms with Crippen molar-refractivity contribution in [2.75, 3.05) is 13.1 Å². The van der Waals surface area contributed by atoms with Crippen molar-refractivity contribution in [3.8, 4) is 0 Å². The minimum Gasteiger partial charge on any atom is -0.360 e. The third-order valence-corrected chi connectivity index (χ3v) is 2.73. The number of nitrogens with one attached hydrogen (secondary N) is 2. The van der Waals surface area contributed by atoms with Gasteiger partial charge in [0.1, 0.15) is 5.71 Å². The second-order valence-electron chi connectivity index (χ2n) is 3.73. The number of hydrogen-bond acceptors (Lipinski definition) is 2. The number of fused-ring (bicyclic) bond motifs is 1. The molecular weight excluding hydrogens is 202 g/mol. The summed E-state index contributed by atoms with van der Waals surface area (Å²) in [6, 6.07) is 7.90. The highest BCUT2D eigenvalue weighted by Crippen LogP contribution is 2.19. The van der Waals surface area contributed by atoms with Crippen LogP contribution < -0.4 is 5.32 Å².